The van der Waals surface area contributed by atoms with Crippen LogP contribution in [0.1, 0.15) is 38.2 Å². The Morgan fingerprint density at radius 3 is 2.80 bits per heavy atom. The minimum atomic E-state index is 0.603. The van der Waals surface area contributed by atoms with Crippen LogP contribution in [-0.2, 0) is 0 Å². The molecule has 0 bridgehead atoms. The van der Waals surface area contributed by atoms with Crippen molar-refractivity contribution in [2.24, 2.45) is 0 Å². The van der Waals surface area contributed by atoms with E-state index in [0.29, 0.717) is 5.56 Å². The van der Waals surface area contributed by atoms with Crippen LogP contribution in [0.5, 0.6) is 0 Å². The van der Waals surface area contributed by atoms with E-state index in [1.54, 1.807) is 12.3 Å². The van der Waals surface area contributed by atoms with Crippen LogP contribution >= 0.6 is 0 Å². The smallest absolute Gasteiger partial charge is 0.125 e. The van der Waals surface area contributed by atoms with Gasteiger partial charge in [0.15, 0.2) is 0 Å². The minimum absolute atomic E-state index is 0.603. The number of anilines is 1. The van der Waals surface area contributed by atoms with E-state index in [1.807, 2.05) is 12.1 Å². The van der Waals surface area contributed by atoms with Crippen LogP contribution in [0.3, 0.4) is 0 Å². The Morgan fingerprint density at radius 1 is 1.33 bits per heavy atom. The molecule has 80 valence electrons. The summed E-state index contributed by atoms with van der Waals surface area (Å²) in [4.78, 5) is 4.13. The van der Waals surface area contributed by atoms with E-state index in [0.717, 1.165) is 12.4 Å². The lowest BCUT2D eigenvalue weighted by atomic mass is 10.2. The Bertz CT molecular complexity index is 311. The summed E-state index contributed by atoms with van der Waals surface area (Å²) in [5.41, 5.74) is 0.603. The molecule has 3 heteroatoms. The molecule has 0 saturated carbocycles. The lowest BCUT2D eigenvalue weighted by Crippen LogP contribution is -2.02. The van der Waals surface area contributed by atoms with Crippen molar-refractivity contribution in [1.29, 1.82) is 5.26 Å². The van der Waals surface area contributed by atoms with Crippen molar-refractivity contribution in [2.75, 3.05) is 11.9 Å². The Hall–Kier alpha value is -1.56. The molecule has 1 aromatic heterocycles. The molecular weight excluding hydrogens is 186 g/mol. The van der Waals surface area contributed by atoms with Crippen LogP contribution in [0.25, 0.3) is 0 Å². The van der Waals surface area contributed by atoms with Crippen LogP contribution in [0, 0.1) is 11.3 Å². The van der Waals surface area contributed by atoms with E-state index in [9.17, 15) is 0 Å². The molecule has 1 heterocycles. The first-order valence-electron chi connectivity index (χ1n) is 5.47. The van der Waals surface area contributed by atoms with Crippen molar-refractivity contribution in [3.8, 4) is 6.07 Å². The van der Waals surface area contributed by atoms with E-state index in [2.05, 4.69) is 17.2 Å². The monoisotopic (exact) mass is 203 g/mol. The number of aromatic nitrogens is 1. The third-order valence-corrected chi connectivity index (χ3v) is 2.23. The molecule has 1 N–H and O–H groups in total. The summed E-state index contributed by atoms with van der Waals surface area (Å²) in [7, 11) is 0. The molecule has 0 fully saturated rings. The second kappa shape index (κ2) is 6.83. The van der Waals surface area contributed by atoms with Crippen molar-refractivity contribution in [3.05, 3.63) is 23.9 Å². The summed E-state index contributed by atoms with van der Waals surface area (Å²) in [5.74, 6) is 0.852. The van der Waals surface area contributed by atoms with Crippen molar-refractivity contribution < 1.29 is 0 Å². The van der Waals surface area contributed by atoms with Gasteiger partial charge in [0.1, 0.15) is 11.9 Å². The van der Waals surface area contributed by atoms with Crippen molar-refractivity contribution in [2.45, 2.75) is 32.6 Å². The Morgan fingerprint density at radius 2 is 2.20 bits per heavy atom. The Balaban J connectivity index is 2.23. The highest BCUT2D eigenvalue weighted by molar-refractivity contribution is 5.38. The molecule has 1 rings (SSSR count). The molecule has 0 radical (unpaired) electrons. The average Bonchev–Trinajstić information content (AvgIpc) is 2.30. The fraction of sp³-hybridized carbons (Fsp3) is 0.500. The Kier molecular flexibility index (Phi) is 5.24. The number of pyridine rings is 1. The third kappa shape index (κ3) is 4.46. The van der Waals surface area contributed by atoms with Gasteiger partial charge >= 0.3 is 0 Å². The van der Waals surface area contributed by atoms with E-state index >= 15 is 0 Å². The maximum Gasteiger partial charge on any atom is 0.125 e. The van der Waals surface area contributed by atoms with Gasteiger partial charge in [-0.2, -0.15) is 5.26 Å². The standard InChI is InChI=1S/C12H17N3/c1-2-3-4-5-8-14-12-7-6-11(9-13)10-15-12/h6-7,10H,2-5,8H2,1H3,(H,14,15). The topological polar surface area (TPSA) is 48.7 Å². The maximum atomic E-state index is 8.59. The number of hydrogen-bond acceptors (Lipinski definition) is 3. The van der Waals surface area contributed by atoms with E-state index in [4.69, 9.17) is 5.26 Å². The summed E-state index contributed by atoms with van der Waals surface area (Å²) in [6.07, 6.45) is 6.58. The van der Waals surface area contributed by atoms with Gasteiger partial charge in [-0.3, -0.25) is 0 Å². The molecule has 0 spiro atoms. The summed E-state index contributed by atoms with van der Waals surface area (Å²) in [6, 6.07) is 5.67. The lowest BCUT2D eigenvalue weighted by molar-refractivity contribution is 0.684. The third-order valence-electron chi connectivity index (χ3n) is 2.23. The highest BCUT2D eigenvalue weighted by atomic mass is 15.0. The predicted molar refractivity (Wildman–Crippen MR) is 61.6 cm³/mol. The molecule has 0 amide bonds. The highest BCUT2D eigenvalue weighted by Gasteiger charge is 1.94. The minimum Gasteiger partial charge on any atom is -0.370 e. The van der Waals surface area contributed by atoms with Crippen LogP contribution in [0.15, 0.2) is 18.3 Å². The lowest BCUT2D eigenvalue weighted by Gasteiger charge is -2.04. The molecule has 0 aliphatic heterocycles. The first-order valence-corrected chi connectivity index (χ1v) is 5.47. The molecule has 0 aliphatic carbocycles. The van der Waals surface area contributed by atoms with E-state index in [-0.39, 0.29) is 0 Å². The molecule has 1 aromatic rings. The number of nitrogens with zero attached hydrogens (tertiary/aromatic N) is 2. The van der Waals surface area contributed by atoms with E-state index in [1.165, 1.54) is 25.7 Å². The number of nitrogens with one attached hydrogen (secondary N) is 1. The van der Waals surface area contributed by atoms with Gasteiger partial charge in [-0.05, 0) is 18.6 Å². The van der Waals surface area contributed by atoms with Gasteiger partial charge in [-0.1, -0.05) is 26.2 Å². The Labute approximate surface area is 91.1 Å². The largest absolute Gasteiger partial charge is 0.370 e. The molecular formula is C12H17N3. The van der Waals surface area contributed by atoms with E-state index < -0.39 is 0 Å². The second-order valence-electron chi connectivity index (χ2n) is 3.53. The molecule has 0 atom stereocenters. The molecule has 0 saturated heterocycles. The van der Waals surface area contributed by atoms with Crippen LogP contribution in [-0.4, -0.2) is 11.5 Å². The normalized spacial score (nSPS) is 9.60. The number of unbranched alkanes of at least 4 members (excludes halogenated alkanes) is 3. The van der Waals surface area contributed by atoms with Crippen LogP contribution in [0.4, 0.5) is 5.82 Å². The van der Waals surface area contributed by atoms with Gasteiger partial charge in [0.25, 0.3) is 0 Å². The quantitative estimate of drug-likeness (QED) is 0.723. The predicted octanol–water partition coefficient (Wildman–Crippen LogP) is 2.95. The van der Waals surface area contributed by atoms with Crippen LogP contribution in [0.2, 0.25) is 0 Å². The van der Waals surface area contributed by atoms with Gasteiger partial charge in [0.2, 0.25) is 0 Å². The van der Waals surface area contributed by atoms with Gasteiger partial charge in [-0.25, -0.2) is 4.98 Å². The highest BCUT2D eigenvalue weighted by Crippen LogP contribution is 2.05. The van der Waals surface area contributed by atoms with Crippen molar-refractivity contribution in [3.63, 3.8) is 0 Å². The summed E-state index contributed by atoms with van der Waals surface area (Å²) >= 11 is 0. The molecule has 15 heavy (non-hydrogen) atoms. The van der Waals surface area contributed by atoms with Gasteiger partial charge < -0.3 is 5.32 Å². The number of hydrogen-bond donors (Lipinski definition) is 1. The first kappa shape index (κ1) is 11.5. The van der Waals surface area contributed by atoms with Gasteiger partial charge in [0, 0.05) is 12.7 Å². The summed E-state index contributed by atoms with van der Waals surface area (Å²) < 4.78 is 0. The number of rotatable bonds is 6. The van der Waals surface area contributed by atoms with Gasteiger partial charge in [-0.15, -0.1) is 0 Å². The van der Waals surface area contributed by atoms with Crippen LogP contribution < -0.4 is 5.32 Å². The summed E-state index contributed by atoms with van der Waals surface area (Å²) in [6.45, 7) is 3.16. The second-order valence-corrected chi connectivity index (χ2v) is 3.53. The zero-order valence-electron chi connectivity index (χ0n) is 9.16. The molecule has 3 nitrogen and oxygen atoms in total. The molecule has 0 unspecified atom stereocenters. The first-order chi connectivity index (χ1) is 7.36. The average molecular weight is 203 g/mol. The zero-order chi connectivity index (χ0) is 10.9. The fourth-order valence-corrected chi connectivity index (χ4v) is 1.33. The fourth-order valence-electron chi connectivity index (χ4n) is 1.33. The summed E-state index contributed by atoms with van der Waals surface area (Å²) in [5, 5.41) is 11.8. The van der Waals surface area contributed by atoms with Crippen molar-refractivity contribution >= 4 is 5.82 Å². The number of nitriles is 1. The SMILES string of the molecule is CCCCCCNc1ccc(C#N)cn1. The molecule has 0 aliphatic rings. The van der Waals surface area contributed by atoms with Crippen molar-refractivity contribution in [1.82, 2.24) is 4.98 Å². The van der Waals surface area contributed by atoms with Gasteiger partial charge in [0.05, 0.1) is 5.56 Å². The maximum absolute atomic E-state index is 8.59. The zero-order valence-corrected chi connectivity index (χ0v) is 9.16. The molecule has 0 aromatic carbocycles.